The zero-order valence-electron chi connectivity index (χ0n) is 11.6. The van der Waals surface area contributed by atoms with Gasteiger partial charge in [-0.1, -0.05) is 12.1 Å². The second-order valence-corrected chi connectivity index (χ2v) is 4.49. The van der Waals surface area contributed by atoms with Crippen LogP contribution in [0.2, 0.25) is 0 Å². The summed E-state index contributed by atoms with van der Waals surface area (Å²) in [7, 11) is 1.49. The molecule has 0 unspecified atom stereocenters. The van der Waals surface area contributed by atoms with Gasteiger partial charge in [-0.15, -0.1) is 0 Å². The molecule has 5 nitrogen and oxygen atoms in total. The molecule has 0 bridgehead atoms. The molecule has 2 aromatic carbocycles. The van der Waals surface area contributed by atoms with Crippen molar-refractivity contribution in [1.29, 1.82) is 5.26 Å². The fraction of sp³-hybridized carbons (Fsp3) is 0.125. The Morgan fingerprint density at radius 1 is 1.29 bits per heavy atom. The largest absolute Gasteiger partial charge is 0.495 e. The number of rotatable bonds is 4. The highest BCUT2D eigenvalue weighted by atomic mass is 16.5. The number of hydrogen-bond acceptors (Lipinski definition) is 4. The van der Waals surface area contributed by atoms with Gasteiger partial charge in [0.2, 0.25) is 5.91 Å². The molecule has 0 aliphatic rings. The maximum Gasteiger partial charge on any atom is 0.228 e. The highest BCUT2D eigenvalue weighted by Crippen LogP contribution is 2.25. The Morgan fingerprint density at radius 2 is 2.00 bits per heavy atom. The van der Waals surface area contributed by atoms with Crippen LogP contribution >= 0.6 is 0 Å². The number of methoxy groups -OCH3 is 1. The SMILES string of the molecule is COc1cc(C#N)ccc1NC(=O)Cc1ccc(N)cc1. The molecule has 0 fully saturated rings. The van der Waals surface area contributed by atoms with Gasteiger partial charge < -0.3 is 15.8 Å². The molecule has 21 heavy (non-hydrogen) atoms. The topological polar surface area (TPSA) is 88.1 Å². The third-order valence-corrected chi connectivity index (χ3v) is 2.95. The molecule has 0 heterocycles. The number of anilines is 2. The number of nitriles is 1. The second kappa shape index (κ2) is 6.44. The fourth-order valence-corrected chi connectivity index (χ4v) is 1.88. The van der Waals surface area contributed by atoms with E-state index in [9.17, 15) is 4.79 Å². The first-order valence-electron chi connectivity index (χ1n) is 6.35. The van der Waals surface area contributed by atoms with E-state index >= 15 is 0 Å². The summed E-state index contributed by atoms with van der Waals surface area (Å²) in [5.74, 6) is 0.294. The van der Waals surface area contributed by atoms with Gasteiger partial charge in [0.15, 0.2) is 0 Å². The minimum absolute atomic E-state index is 0.164. The van der Waals surface area contributed by atoms with Crippen LogP contribution in [-0.4, -0.2) is 13.0 Å². The van der Waals surface area contributed by atoms with E-state index in [1.54, 1.807) is 30.3 Å². The molecule has 0 aliphatic heterocycles. The zero-order valence-corrected chi connectivity index (χ0v) is 11.6. The van der Waals surface area contributed by atoms with E-state index in [-0.39, 0.29) is 12.3 Å². The van der Waals surface area contributed by atoms with Gasteiger partial charge in [-0.3, -0.25) is 4.79 Å². The highest BCUT2D eigenvalue weighted by molar-refractivity contribution is 5.93. The van der Waals surface area contributed by atoms with Gasteiger partial charge in [-0.25, -0.2) is 0 Å². The van der Waals surface area contributed by atoms with Crippen LogP contribution in [0.5, 0.6) is 5.75 Å². The summed E-state index contributed by atoms with van der Waals surface area (Å²) in [6, 6.07) is 14.0. The molecule has 3 N–H and O–H groups in total. The zero-order chi connectivity index (χ0) is 15.2. The van der Waals surface area contributed by atoms with E-state index in [0.29, 0.717) is 22.7 Å². The number of carbonyl (C=O) groups excluding carboxylic acids is 1. The highest BCUT2D eigenvalue weighted by Gasteiger charge is 2.09. The summed E-state index contributed by atoms with van der Waals surface area (Å²) < 4.78 is 5.17. The van der Waals surface area contributed by atoms with Crippen molar-refractivity contribution < 1.29 is 9.53 Å². The summed E-state index contributed by atoms with van der Waals surface area (Å²) in [5, 5.41) is 11.6. The van der Waals surface area contributed by atoms with Crippen LogP contribution in [0.25, 0.3) is 0 Å². The van der Waals surface area contributed by atoms with Crippen molar-refractivity contribution in [2.75, 3.05) is 18.2 Å². The molecule has 0 saturated carbocycles. The quantitative estimate of drug-likeness (QED) is 0.842. The second-order valence-electron chi connectivity index (χ2n) is 4.49. The molecule has 106 valence electrons. The molecular formula is C16H15N3O2. The predicted molar refractivity (Wildman–Crippen MR) is 80.9 cm³/mol. The monoisotopic (exact) mass is 281 g/mol. The summed E-state index contributed by atoms with van der Waals surface area (Å²) in [5.41, 5.74) is 8.15. The Bertz CT molecular complexity index is 688. The molecule has 0 aliphatic carbocycles. The number of ether oxygens (including phenoxy) is 1. The Hall–Kier alpha value is -3.00. The number of benzene rings is 2. The Balaban J connectivity index is 2.09. The van der Waals surface area contributed by atoms with Crippen LogP contribution in [-0.2, 0) is 11.2 Å². The van der Waals surface area contributed by atoms with Gasteiger partial charge in [-0.05, 0) is 29.8 Å². The third kappa shape index (κ3) is 3.74. The number of hydrogen-bond donors (Lipinski definition) is 2. The molecule has 0 saturated heterocycles. The molecular weight excluding hydrogens is 266 g/mol. The van der Waals surface area contributed by atoms with E-state index in [1.807, 2.05) is 18.2 Å². The van der Waals surface area contributed by atoms with Gasteiger partial charge in [0.1, 0.15) is 5.75 Å². The summed E-state index contributed by atoms with van der Waals surface area (Å²) in [6.07, 6.45) is 0.240. The van der Waals surface area contributed by atoms with E-state index in [0.717, 1.165) is 5.56 Å². The summed E-state index contributed by atoms with van der Waals surface area (Å²) in [4.78, 5) is 12.0. The smallest absolute Gasteiger partial charge is 0.228 e. The summed E-state index contributed by atoms with van der Waals surface area (Å²) >= 11 is 0. The van der Waals surface area contributed by atoms with Crippen molar-refractivity contribution in [1.82, 2.24) is 0 Å². The van der Waals surface area contributed by atoms with Crippen LogP contribution in [0.1, 0.15) is 11.1 Å². The van der Waals surface area contributed by atoms with E-state index in [1.165, 1.54) is 7.11 Å². The van der Waals surface area contributed by atoms with Crippen molar-refractivity contribution in [3.05, 3.63) is 53.6 Å². The number of nitrogens with two attached hydrogens (primary N) is 1. The van der Waals surface area contributed by atoms with Gasteiger partial charge >= 0.3 is 0 Å². The van der Waals surface area contributed by atoms with Gasteiger partial charge in [0, 0.05) is 11.8 Å². The van der Waals surface area contributed by atoms with Crippen molar-refractivity contribution in [2.24, 2.45) is 0 Å². The maximum absolute atomic E-state index is 12.0. The molecule has 0 atom stereocenters. The third-order valence-electron chi connectivity index (χ3n) is 2.95. The molecule has 0 aromatic heterocycles. The van der Waals surface area contributed by atoms with Gasteiger partial charge in [-0.2, -0.15) is 5.26 Å². The van der Waals surface area contributed by atoms with Crippen LogP contribution in [0.15, 0.2) is 42.5 Å². The Morgan fingerprint density at radius 3 is 2.62 bits per heavy atom. The van der Waals surface area contributed by atoms with Crippen LogP contribution in [0.3, 0.4) is 0 Å². The lowest BCUT2D eigenvalue weighted by molar-refractivity contribution is -0.115. The molecule has 0 radical (unpaired) electrons. The average Bonchev–Trinajstić information content (AvgIpc) is 2.50. The molecule has 2 rings (SSSR count). The van der Waals surface area contributed by atoms with Crippen molar-refractivity contribution in [3.63, 3.8) is 0 Å². The minimum atomic E-state index is -0.164. The average molecular weight is 281 g/mol. The van der Waals surface area contributed by atoms with Crippen LogP contribution < -0.4 is 15.8 Å². The molecule has 5 heteroatoms. The molecule has 2 aromatic rings. The lowest BCUT2D eigenvalue weighted by Gasteiger charge is -2.10. The first-order chi connectivity index (χ1) is 10.1. The van der Waals surface area contributed by atoms with E-state index in [4.69, 9.17) is 15.7 Å². The predicted octanol–water partition coefficient (Wildman–Crippen LogP) is 2.33. The Labute approximate surface area is 123 Å². The first kappa shape index (κ1) is 14.4. The van der Waals surface area contributed by atoms with Crippen LogP contribution in [0.4, 0.5) is 11.4 Å². The lowest BCUT2D eigenvalue weighted by atomic mass is 10.1. The number of nitrogens with one attached hydrogen (secondary N) is 1. The number of nitrogens with zero attached hydrogens (tertiary/aromatic N) is 1. The molecule has 1 amide bonds. The van der Waals surface area contributed by atoms with E-state index in [2.05, 4.69) is 5.32 Å². The number of nitrogen functional groups attached to an aromatic ring is 1. The molecule has 0 spiro atoms. The first-order valence-corrected chi connectivity index (χ1v) is 6.35. The van der Waals surface area contributed by atoms with Gasteiger partial charge in [0.25, 0.3) is 0 Å². The maximum atomic E-state index is 12.0. The lowest BCUT2D eigenvalue weighted by Crippen LogP contribution is -2.15. The van der Waals surface area contributed by atoms with E-state index < -0.39 is 0 Å². The standard InChI is InChI=1S/C16H15N3O2/c1-21-15-8-12(10-17)4-7-14(15)19-16(20)9-11-2-5-13(18)6-3-11/h2-8H,9,18H2,1H3,(H,19,20). The fourth-order valence-electron chi connectivity index (χ4n) is 1.88. The van der Waals surface area contributed by atoms with Crippen molar-refractivity contribution >= 4 is 17.3 Å². The summed E-state index contributed by atoms with van der Waals surface area (Å²) in [6.45, 7) is 0. The van der Waals surface area contributed by atoms with Crippen molar-refractivity contribution in [3.8, 4) is 11.8 Å². The van der Waals surface area contributed by atoms with Crippen LogP contribution in [0, 0.1) is 11.3 Å². The van der Waals surface area contributed by atoms with Crippen molar-refractivity contribution in [2.45, 2.75) is 6.42 Å². The Kier molecular flexibility index (Phi) is 4.42. The normalized spacial score (nSPS) is 9.71. The van der Waals surface area contributed by atoms with Gasteiger partial charge in [0.05, 0.1) is 30.9 Å². The minimum Gasteiger partial charge on any atom is -0.495 e. The number of amides is 1. The number of carbonyl (C=O) groups is 1.